The molecule has 1 saturated carbocycles. The van der Waals surface area contributed by atoms with E-state index in [-0.39, 0.29) is 0 Å². The first kappa shape index (κ1) is 12.0. The molecule has 14 heavy (non-hydrogen) atoms. The van der Waals surface area contributed by atoms with Gasteiger partial charge in [-0.15, -0.1) is 0 Å². The van der Waals surface area contributed by atoms with Gasteiger partial charge in [0.2, 0.25) is 0 Å². The van der Waals surface area contributed by atoms with E-state index in [1.54, 1.807) is 0 Å². The second-order valence-corrected chi connectivity index (χ2v) is 4.82. The van der Waals surface area contributed by atoms with Gasteiger partial charge in [-0.25, -0.2) is 0 Å². The van der Waals surface area contributed by atoms with Crippen LogP contribution in [0.5, 0.6) is 0 Å². The Morgan fingerprint density at radius 3 is 2.71 bits per heavy atom. The highest BCUT2D eigenvalue weighted by molar-refractivity contribution is 4.71. The monoisotopic (exact) mass is 199 g/mol. The molecule has 0 atom stereocenters. The van der Waals surface area contributed by atoms with Gasteiger partial charge in [0.05, 0.1) is 0 Å². The van der Waals surface area contributed by atoms with Crippen molar-refractivity contribution >= 4 is 0 Å². The van der Waals surface area contributed by atoms with Gasteiger partial charge < -0.3 is 10.1 Å². The summed E-state index contributed by atoms with van der Waals surface area (Å²) in [5.41, 5.74) is 0. The highest BCUT2D eigenvalue weighted by Crippen LogP contribution is 2.24. The summed E-state index contributed by atoms with van der Waals surface area (Å²) in [4.78, 5) is 0. The van der Waals surface area contributed by atoms with E-state index in [0.29, 0.717) is 5.92 Å². The highest BCUT2D eigenvalue weighted by atomic mass is 16.5. The maximum atomic E-state index is 5.50. The smallest absolute Gasteiger partial charge is 0.0489 e. The minimum atomic E-state index is 0.665. The van der Waals surface area contributed by atoms with Gasteiger partial charge in [0, 0.05) is 13.2 Å². The zero-order valence-corrected chi connectivity index (χ0v) is 9.72. The van der Waals surface area contributed by atoms with Gasteiger partial charge in [-0.3, -0.25) is 0 Å². The lowest BCUT2D eigenvalue weighted by molar-refractivity contribution is 0.107. The summed E-state index contributed by atoms with van der Waals surface area (Å²) in [6, 6.07) is 0. The van der Waals surface area contributed by atoms with Gasteiger partial charge >= 0.3 is 0 Å². The number of rotatable bonds is 8. The summed E-state index contributed by atoms with van der Waals surface area (Å²) < 4.78 is 5.50. The molecule has 2 heteroatoms. The van der Waals surface area contributed by atoms with E-state index >= 15 is 0 Å². The standard InChI is InChI=1S/C12H25NO/c1-11(2)10-14-8-4-7-13-9-12-5-3-6-12/h11-13H,3-10H2,1-2H3. The molecule has 0 amide bonds. The zero-order valence-electron chi connectivity index (χ0n) is 9.72. The van der Waals surface area contributed by atoms with Crippen LogP contribution in [0.25, 0.3) is 0 Å². The SMILES string of the molecule is CC(C)COCCCNCC1CCC1. The van der Waals surface area contributed by atoms with Crippen LogP contribution in [0.1, 0.15) is 39.5 Å². The average molecular weight is 199 g/mol. The summed E-state index contributed by atoms with van der Waals surface area (Å²) in [7, 11) is 0. The molecule has 0 aromatic heterocycles. The predicted molar refractivity (Wildman–Crippen MR) is 60.5 cm³/mol. The topological polar surface area (TPSA) is 21.3 Å². The molecule has 0 bridgehead atoms. The van der Waals surface area contributed by atoms with Crippen LogP contribution < -0.4 is 5.32 Å². The Morgan fingerprint density at radius 2 is 2.14 bits per heavy atom. The fourth-order valence-electron chi connectivity index (χ4n) is 1.62. The lowest BCUT2D eigenvalue weighted by atomic mass is 9.85. The largest absolute Gasteiger partial charge is 0.381 e. The summed E-state index contributed by atoms with van der Waals surface area (Å²) in [6.45, 7) is 8.54. The molecular weight excluding hydrogens is 174 g/mol. The number of hydrogen-bond donors (Lipinski definition) is 1. The maximum absolute atomic E-state index is 5.50. The molecule has 1 rings (SSSR count). The molecule has 1 fully saturated rings. The van der Waals surface area contributed by atoms with Crippen LogP contribution in [-0.2, 0) is 4.74 Å². The third-order valence-corrected chi connectivity index (χ3v) is 2.75. The zero-order chi connectivity index (χ0) is 10.2. The van der Waals surface area contributed by atoms with Crippen LogP contribution in [0.15, 0.2) is 0 Å². The van der Waals surface area contributed by atoms with Crippen LogP contribution in [0.4, 0.5) is 0 Å². The van der Waals surface area contributed by atoms with Crippen LogP contribution in [0, 0.1) is 11.8 Å². The fourth-order valence-corrected chi connectivity index (χ4v) is 1.62. The maximum Gasteiger partial charge on any atom is 0.0489 e. The van der Waals surface area contributed by atoms with E-state index in [1.165, 1.54) is 25.8 Å². The third-order valence-electron chi connectivity index (χ3n) is 2.75. The van der Waals surface area contributed by atoms with E-state index in [9.17, 15) is 0 Å². The Morgan fingerprint density at radius 1 is 1.36 bits per heavy atom. The molecule has 2 nitrogen and oxygen atoms in total. The van der Waals surface area contributed by atoms with Crippen molar-refractivity contribution < 1.29 is 4.74 Å². The van der Waals surface area contributed by atoms with Crippen molar-refractivity contribution in [3.8, 4) is 0 Å². The molecule has 1 aliphatic carbocycles. The lowest BCUT2D eigenvalue weighted by Crippen LogP contribution is -2.28. The fraction of sp³-hybridized carbons (Fsp3) is 1.00. The van der Waals surface area contributed by atoms with Gasteiger partial charge in [-0.2, -0.15) is 0 Å². The molecule has 0 unspecified atom stereocenters. The quantitative estimate of drug-likeness (QED) is 0.606. The normalized spacial score (nSPS) is 17.4. The molecule has 0 aliphatic heterocycles. The second-order valence-electron chi connectivity index (χ2n) is 4.82. The Labute approximate surface area is 88.4 Å². The molecule has 0 heterocycles. The molecule has 1 aliphatic rings. The van der Waals surface area contributed by atoms with Gasteiger partial charge in [-0.1, -0.05) is 20.3 Å². The van der Waals surface area contributed by atoms with E-state index in [1.807, 2.05) is 0 Å². The minimum Gasteiger partial charge on any atom is -0.381 e. The van der Waals surface area contributed by atoms with Gasteiger partial charge in [0.25, 0.3) is 0 Å². The van der Waals surface area contributed by atoms with Crippen molar-refractivity contribution in [3.05, 3.63) is 0 Å². The van der Waals surface area contributed by atoms with E-state index in [4.69, 9.17) is 4.74 Å². The molecule has 0 radical (unpaired) electrons. The van der Waals surface area contributed by atoms with E-state index < -0.39 is 0 Å². The lowest BCUT2D eigenvalue weighted by Gasteiger charge is -2.25. The first-order valence-electron chi connectivity index (χ1n) is 6.07. The van der Waals surface area contributed by atoms with Crippen molar-refractivity contribution in [2.45, 2.75) is 39.5 Å². The van der Waals surface area contributed by atoms with E-state index in [2.05, 4.69) is 19.2 Å². The Balaban J connectivity index is 1.71. The molecule has 0 spiro atoms. The van der Waals surface area contributed by atoms with Crippen molar-refractivity contribution in [1.29, 1.82) is 0 Å². The first-order chi connectivity index (χ1) is 6.79. The van der Waals surface area contributed by atoms with Crippen molar-refractivity contribution in [3.63, 3.8) is 0 Å². The number of hydrogen-bond acceptors (Lipinski definition) is 2. The Hall–Kier alpha value is -0.0800. The number of nitrogens with one attached hydrogen (secondary N) is 1. The second kappa shape index (κ2) is 7.24. The first-order valence-corrected chi connectivity index (χ1v) is 6.07. The highest BCUT2D eigenvalue weighted by Gasteiger charge is 2.15. The Bertz CT molecular complexity index is 132. The molecule has 0 aromatic carbocycles. The Kier molecular flexibility index (Phi) is 6.20. The van der Waals surface area contributed by atoms with Crippen molar-refractivity contribution in [1.82, 2.24) is 5.32 Å². The molecule has 0 aromatic rings. The van der Waals surface area contributed by atoms with Crippen LogP contribution in [0.2, 0.25) is 0 Å². The van der Waals surface area contributed by atoms with Gasteiger partial charge in [0.15, 0.2) is 0 Å². The molecule has 1 N–H and O–H groups in total. The summed E-state index contributed by atoms with van der Waals surface area (Å²) in [5.74, 6) is 1.64. The van der Waals surface area contributed by atoms with Gasteiger partial charge in [-0.05, 0) is 44.2 Å². The third kappa shape index (κ3) is 5.61. The summed E-state index contributed by atoms with van der Waals surface area (Å²) >= 11 is 0. The average Bonchev–Trinajstić information content (AvgIpc) is 2.06. The van der Waals surface area contributed by atoms with Gasteiger partial charge in [0.1, 0.15) is 0 Å². The van der Waals surface area contributed by atoms with Crippen molar-refractivity contribution in [2.75, 3.05) is 26.3 Å². The van der Waals surface area contributed by atoms with E-state index in [0.717, 1.165) is 32.1 Å². The predicted octanol–water partition coefficient (Wildman–Crippen LogP) is 2.44. The van der Waals surface area contributed by atoms with Crippen molar-refractivity contribution in [2.24, 2.45) is 11.8 Å². The molecule has 84 valence electrons. The van der Waals surface area contributed by atoms with Crippen LogP contribution >= 0.6 is 0 Å². The minimum absolute atomic E-state index is 0.665. The molecular formula is C12H25NO. The van der Waals surface area contributed by atoms with Crippen LogP contribution in [0.3, 0.4) is 0 Å². The summed E-state index contributed by atoms with van der Waals surface area (Å²) in [5, 5.41) is 3.50. The number of ether oxygens (including phenoxy) is 1. The molecule has 0 saturated heterocycles. The summed E-state index contributed by atoms with van der Waals surface area (Å²) in [6.07, 6.45) is 5.48. The van der Waals surface area contributed by atoms with Crippen LogP contribution in [-0.4, -0.2) is 26.3 Å².